The number of carbonyl (C=O) groups excluding carboxylic acids is 2. The third-order valence-electron chi connectivity index (χ3n) is 4.04. The van der Waals surface area contributed by atoms with Crippen LogP contribution < -0.4 is 15.4 Å². The number of aromatic nitrogens is 1. The quantitative estimate of drug-likeness (QED) is 0.701. The molecule has 0 saturated carbocycles. The summed E-state index contributed by atoms with van der Waals surface area (Å²) < 4.78 is 18.3. The van der Waals surface area contributed by atoms with Gasteiger partial charge in [0.05, 0.1) is 19.0 Å². The SMILES string of the molecule is COc1ccc(C(=O)Nc2cc(C)c(NC(=O)c3cccc(F)c3)cn2)cc1. The highest BCUT2D eigenvalue weighted by atomic mass is 19.1. The molecule has 0 aliphatic carbocycles. The molecule has 142 valence electrons. The van der Waals surface area contributed by atoms with Gasteiger partial charge in [-0.3, -0.25) is 9.59 Å². The number of hydrogen-bond donors (Lipinski definition) is 2. The van der Waals surface area contributed by atoms with E-state index in [0.29, 0.717) is 28.4 Å². The average Bonchev–Trinajstić information content (AvgIpc) is 2.70. The van der Waals surface area contributed by atoms with Gasteiger partial charge in [-0.05, 0) is 61.0 Å². The Bertz CT molecular complexity index is 1020. The zero-order valence-electron chi connectivity index (χ0n) is 15.3. The van der Waals surface area contributed by atoms with E-state index in [4.69, 9.17) is 4.74 Å². The molecule has 0 spiro atoms. The second-order valence-electron chi connectivity index (χ2n) is 6.03. The molecule has 0 atom stereocenters. The number of nitrogens with zero attached hydrogens (tertiary/aromatic N) is 1. The number of methoxy groups -OCH3 is 1. The van der Waals surface area contributed by atoms with Gasteiger partial charge in [-0.2, -0.15) is 0 Å². The highest BCUT2D eigenvalue weighted by Crippen LogP contribution is 2.19. The summed E-state index contributed by atoms with van der Waals surface area (Å²) in [7, 11) is 1.55. The van der Waals surface area contributed by atoms with Crippen LogP contribution in [-0.2, 0) is 0 Å². The van der Waals surface area contributed by atoms with E-state index in [-0.39, 0.29) is 11.5 Å². The van der Waals surface area contributed by atoms with Crippen LogP contribution in [-0.4, -0.2) is 23.9 Å². The number of benzene rings is 2. The van der Waals surface area contributed by atoms with Gasteiger partial charge < -0.3 is 15.4 Å². The Balaban J connectivity index is 1.69. The van der Waals surface area contributed by atoms with E-state index in [1.807, 2.05) is 0 Å². The molecule has 7 heteroatoms. The van der Waals surface area contributed by atoms with Crippen molar-refractivity contribution in [2.45, 2.75) is 6.92 Å². The lowest BCUT2D eigenvalue weighted by Crippen LogP contribution is -2.15. The lowest BCUT2D eigenvalue weighted by Gasteiger charge is -2.11. The fourth-order valence-corrected chi connectivity index (χ4v) is 2.51. The summed E-state index contributed by atoms with van der Waals surface area (Å²) in [4.78, 5) is 28.7. The third-order valence-corrected chi connectivity index (χ3v) is 4.04. The molecule has 3 rings (SSSR count). The highest BCUT2D eigenvalue weighted by Gasteiger charge is 2.11. The zero-order valence-corrected chi connectivity index (χ0v) is 15.3. The standard InChI is InChI=1S/C21H18FN3O3/c1-13-10-19(25-20(26)14-6-8-17(28-2)9-7-14)23-12-18(13)24-21(27)15-4-3-5-16(22)11-15/h3-12H,1-2H3,(H,24,27)(H,23,25,26). The second-order valence-corrected chi connectivity index (χ2v) is 6.03. The Hall–Kier alpha value is -3.74. The third kappa shape index (κ3) is 4.50. The van der Waals surface area contributed by atoms with Gasteiger partial charge in [0.1, 0.15) is 17.4 Å². The molecule has 6 nitrogen and oxygen atoms in total. The van der Waals surface area contributed by atoms with Gasteiger partial charge in [0.15, 0.2) is 0 Å². The molecule has 2 N–H and O–H groups in total. The maximum Gasteiger partial charge on any atom is 0.256 e. The summed E-state index contributed by atoms with van der Waals surface area (Å²) in [5.41, 5.74) is 1.83. The Morgan fingerprint density at radius 3 is 2.32 bits per heavy atom. The van der Waals surface area contributed by atoms with Crippen molar-refractivity contribution in [3.8, 4) is 5.75 Å². The van der Waals surface area contributed by atoms with E-state index in [9.17, 15) is 14.0 Å². The lowest BCUT2D eigenvalue weighted by molar-refractivity contribution is 0.101. The first kappa shape index (κ1) is 19.0. The molecule has 1 heterocycles. The predicted octanol–water partition coefficient (Wildman–Crippen LogP) is 4.04. The van der Waals surface area contributed by atoms with Gasteiger partial charge in [-0.15, -0.1) is 0 Å². The van der Waals surface area contributed by atoms with Crippen molar-refractivity contribution in [2.24, 2.45) is 0 Å². The predicted molar refractivity (Wildman–Crippen MR) is 104 cm³/mol. The number of carbonyl (C=O) groups is 2. The maximum absolute atomic E-state index is 13.3. The van der Waals surface area contributed by atoms with Crippen LogP contribution in [0.15, 0.2) is 60.8 Å². The van der Waals surface area contributed by atoms with Crippen LogP contribution in [0.1, 0.15) is 26.3 Å². The van der Waals surface area contributed by atoms with Crippen LogP contribution >= 0.6 is 0 Å². The Kier molecular flexibility index (Phi) is 5.64. The van der Waals surface area contributed by atoms with E-state index in [1.165, 1.54) is 24.4 Å². The molecule has 2 aromatic carbocycles. The monoisotopic (exact) mass is 379 g/mol. The Morgan fingerprint density at radius 1 is 0.964 bits per heavy atom. The molecular formula is C21H18FN3O3. The number of nitrogens with one attached hydrogen (secondary N) is 2. The topological polar surface area (TPSA) is 80.3 Å². The molecule has 28 heavy (non-hydrogen) atoms. The summed E-state index contributed by atoms with van der Waals surface area (Å²) in [6.07, 6.45) is 1.44. The maximum atomic E-state index is 13.3. The molecule has 0 aliphatic rings. The number of amides is 2. The summed E-state index contributed by atoms with van der Waals surface area (Å²) in [6, 6.07) is 13.7. The van der Waals surface area contributed by atoms with Gasteiger partial charge in [0.25, 0.3) is 11.8 Å². The second kappa shape index (κ2) is 8.30. The Labute approximate surface area is 161 Å². The molecule has 1 aromatic heterocycles. The highest BCUT2D eigenvalue weighted by molar-refractivity contribution is 6.05. The molecule has 0 unspecified atom stereocenters. The summed E-state index contributed by atoms with van der Waals surface area (Å²) in [6.45, 7) is 1.77. The minimum atomic E-state index is -0.487. The lowest BCUT2D eigenvalue weighted by atomic mass is 10.2. The number of hydrogen-bond acceptors (Lipinski definition) is 4. The molecule has 0 bridgehead atoms. The summed E-state index contributed by atoms with van der Waals surface area (Å²) in [5, 5.41) is 5.39. The fourth-order valence-electron chi connectivity index (χ4n) is 2.51. The van der Waals surface area contributed by atoms with Crippen molar-refractivity contribution in [3.05, 3.63) is 83.3 Å². The van der Waals surface area contributed by atoms with E-state index >= 15 is 0 Å². The first-order valence-electron chi connectivity index (χ1n) is 8.45. The minimum absolute atomic E-state index is 0.205. The smallest absolute Gasteiger partial charge is 0.256 e. The van der Waals surface area contributed by atoms with Crippen molar-refractivity contribution in [2.75, 3.05) is 17.7 Å². The van der Waals surface area contributed by atoms with Gasteiger partial charge >= 0.3 is 0 Å². The number of ether oxygens (including phenoxy) is 1. The molecule has 0 aliphatic heterocycles. The van der Waals surface area contributed by atoms with Gasteiger partial charge in [0.2, 0.25) is 0 Å². The number of anilines is 2. The van der Waals surface area contributed by atoms with Crippen molar-refractivity contribution in [1.82, 2.24) is 4.98 Å². The molecule has 2 amide bonds. The van der Waals surface area contributed by atoms with E-state index < -0.39 is 11.7 Å². The van der Waals surface area contributed by atoms with E-state index in [1.54, 1.807) is 44.4 Å². The molecule has 0 radical (unpaired) electrons. The molecule has 0 fully saturated rings. The van der Waals surface area contributed by atoms with E-state index in [0.717, 1.165) is 6.07 Å². The van der Waals surface area contributed by atoms with Crippen LogP contribution in [0, 0.1) is 12.7 Å². The Morgan fingerprint density at radius 2 is 1.68 bits per heavy atom. The van der Waals surface area contributed by atoms with Crippen LogP contribution in [0.5, 0.6) is 5.75 Å². The normalized spacial score (nSPS) is 10.2. The van der Waals surface area contributed by atoms with Crippen LogP contribution in [0.25, 0.3) is 0 Å². The summed E-state index contributed by atoms with van der Waals surface area (Å²) in [5.74, 6) is -0.240. The first-order chi connectivity index (χ1) is 13.5. The molecular weight excluding hydrogens is 361 g/mol. The largest absolute Gasteiger partial charge is 0.497 e. The zero-order chi connectivity index (χ0) is 20.1. The molecule has 3 aromatic rings. The number of aryl methyl sites for hydroxylation is 1. The van der Waals surface area contributed by atoms with Crippen LogP contribution in [0.4, 0.5) is 15.9 Å². The van der Waals surface area contributed by atoms with E-state index in [2.05, 4.69) is 15.6 Å². The van der Waals surface area contributed by atoms with Crippen molar-refractivity contribution in [3.63, 3.8) is 0 Å². The van der Waals surface area contributed by atoms with Gasteiger partial charge in [-0.25, -0.2) is 9.37 Å². The summed E-state index contributed by atoms with van der Waals surface area (Å²) >= 11 is 0. The number of rotatable bonds is 5. The van der Waals surface area contributed by atoms with Gasteiger partial charge in [0, 0.05) is 11.1 Å². The number of pyridine rings is 1. The number of halogens is 1. The molecule has 0 saturated heterocycles. The van der Waals surface area contributed by atoms with Crippen LogP contribution in [0.3, 0.4) is 0 Å². The van der Waals surface area contributed by atoms with Crippen LogP contribution in [0.2, 0.25) is 0 Å². The minimum Gasteiger partial charge on any atom is -0.497 e. The van der Waals surface area contributed by atoms with Crippen molar-refractivity contribution < 1.29 is 18.7 Å². The van der Waals surface area contributed by atoms with Gasteiger partial charge in [-0.1, -0.05) is 6.07 Å². The fraction of sp³-hybridized carbons (Fsp3) is 0.0952. The van der Waals surface area contributed by atoms with Crippen molar-refractivity contribution in [1.29, 1.82) is 0 Å². The van der Waals surface area contributed by atoms with Crippen molar-refractivity contribution >= 4 is 23.3 Å². The first-order valence-corrected chi connectivity index (χ1v) is 8.45. The average molecular weight is 379 g/mol.